The van der Waals surface area contributed by atoms with E-state index in [-0.39, 0.29) is 5.78 Å². The van der Waals surface area contributed by atoms with Gasteiger partial charge in [-0.05, 0) is 37.3 Å². The molecule has 0 saturated heterocycles. The highest BCUT2D eigenvalue weighted by Crippen LogP contribution is 2.29. The third kappa shape index (κ3) is 3.78. The summed E-state index contributed by atoms with van der Waals surface area (Å²) < 4.78 is 1.95. The van der Waals surface area contributed by atoms with Crippen molar-refractivity contribution in [2.75, 3.05) is 0 Å². The van der Waals surface area contributed by atoms with Gasteiger partial charge in [-0.25, -0.2) is 9.55 Å². The molecule has 0 amide bonds. The van der Waals surface area contributed by atoms with Gasteiger partial charge in [0.2, 0.25) is 0 Å². The number of pyridine rings is 1. The zero-order valence-electron chi connectivity index (χ0n) is 13.4. The van der Waals surface area contributed by atoms with Gasteiger partial charge in [0.1, 0.15) is 12.1 Å². The Labute approximate surface area is 149 Å². The number of aromatic nitrogens is 2. The van der Waals surface area contributed by atoms with Crippen LogP contribution in [-0.4, -0.2) is 10.8 Å². The van der Waals surface area contributed by atoms with Crippen LogP contribution in [0, 0.1) is 6.92 Å². The third-order valence-electron chi connectivity index (χ3n) is 3.50. The number of benzene rings is 1. The molecule has 2 aromatic heterocycles. The minimum Gasteiger partial charge on any atom is -0.288 e. The highest BCUT2D eigenvalue weighted by Gasteiger charge is 2.14. The van der Waals surface area contributed by atoms with Gasteiger partial charge in [-0.15, -0.1) is 11.3 Å². The SMILES string of the molecule is Cc1nc(-c2ccc(Cl)cc2)sc1C(=O)/C=C/c1ccc[n+](C)c1. The fraction of sp³-hybridized carbons (Fsp3) is 0.105. The molecular formula is C19H16ClN2OS+. The number of carbonyl (C=O) groups excluding carboxylic acids is 1. The molecule has 0 saturated carbocycles. The molecule has 0 unspecified atom stereocenters. The first-order chi connectivity index (χ1) is 11.5. The van der Waals surface area contributed by atoms with Crippen molar-refractivity contribution in [2.24, 2.45) is 7.05 Å². The Morgan fingerprint density at radius 3 is 2.71 bits per heavy atom. The van der Waals surface area contributed by atoms with E-state index >= 15 is 0 Å². The van der Waals surface area contributed by atoms with Crippen LogP contribution in [0.4, 0.5) is 0 Å². The first kappa shape index (κ1) is 16.6. The maximum Gasteiger partial charge on any atom is 0.197 e. The molecule has 0 spiro atoms. The standard InChI is InChI=1S/C19H16ClN2OS/c1-13-18(17(23)10-5-14-4-3-11-22(2)12-14)24-19(21-13)15-6-8-16(20)9-7-15/h3-12H,1-2H3/q+1/b10-5+. The molecule has 0 radical (unpaired) electrons. The van der Waals surface area contributed by atoms with E-state index in [1.165, 1.54) is 11.3 Å². The second-order valence-corrected chi connectivity index (χ2v) is 6.88. The molecule has 24 heavy (non-hydrogen) atoms. The Hall–Kier alpha value is -2.30. The fourth-order valence-corrected chi connectivity index (χ4v) is 3.42. The van der Waals surface area contributed by atoms with Gasteiger partial charge in [-0.3, -0.25) is 4.79 Å². The monoisotopic (exact) mass is 355 g/mol. The average molecular weight is 356 g/mol. The minimum absolute atomic E-state index is 0.0308. The summed E-state index contributed by atoms with van der Waals surface area (Å²) in [6.07, 6.45) is 7.33. The maximum atomic E-state index is 12.5. The van der Waals surface area contributed by atoms with E-state index in [9.17, 15) is 4.79 Å². The summed E-state index contributed by atoms with van der Waals surface area (Å²) >= 11 is 7.32. The van der Waals surface area contributed by atoms with E-state index in [1.54, 1.807) is 6.08 Å². The lowest BCUT2D eigenvalue weighted by Gasteiger charge is -1.95. The second kappa shape index (κ2) is 7.07. The smallest absolute Gasteiger partial charge is 0.197 e. The molecule has 2 heterocycles. The lowest BCUT2D eigenvalue weighted by atomic mass is 10.2. The van der Waals surface area contributed by atoms with Crippen molar-refractivity contribution in [1.29, 1.82) is 0 Å². The molecule has 3 aromatic rings. The number of hydrogen-bond donors (Lipinski definition) is 0. The van der Waals surface area contributed by atoms with Crippen LogP contribution in [0.5, 0.6) is 0 Å². The van der Waals surface area contributed by atoms with Crippen LogP contribution in [0.25, 0.3) is 16.6 Å². The number of thiazole rings is 1. The molecule has 0 fully saturated rings. The van der Waals surface area contributed by atoms with Crippen molar-refractivity contribution in [1.82, 2.24) is 4.98 Å². The summed E-state index contributed by atoms with van der Waals surface area (Å²) in [7, 11) is 1.95. The van der Waals surface area contributed by atoms with Crippen LogP contribution in [0.2, 0.25) is 5.02 Å². The van der Waals surface area contributed by atoms with Crippen molar-refractivity contribution >= 4 is 34.8 Å². The summed E-state index contributed by atoms with van der Waals surface area (Å²) in [4.78, 5) is 17.7. The van der Waals surface area contributed by atoms with Gasteiger partial charge in [0.25, 0.3) is 0 Å². The van der Waals surface area contributed by atoms with Crippen molar-refractivity contribution < 1.29 is 9.36 Å². The summed E-state index contributed by atoms with van der Waals surface area (Å²) in [5.41, 5.74) is 2.69. The number of halogens is 1. The molecular weight excluding hydrogens is 340 g/mol. The lowest BCUT2D eigenvalue weighted by Crippen LogP contribution is -2.26. The summed E-state index contributed by atoms with van der Waals surface area (Å²) in [5, 5.41) is 1.51. The molecule has 120 valence electrons. The van der Waals surface area contributed by atoms with E-state index in [2.05, 4.69) is 4.98 Å². The molecule has 0 aliphatic rings. The molecule has 3 rings (SSSR count). The first-order valence-electron chi connectivity index (χ1n) is 7.44. The van der Waals surface area contributed by atoms with Crippen molar-refractivity contribution in [3.05, 3.63) is 76.0 Å². The zero-order valence-corrected chi connectivity index (χ0v) is 14.9. The van der Waals surface area contributed by atoms with Crippen LogP contribution in [0.15, 0.2) is 54.9 Å². The normalized spacial score (nSPS) is 11.1. The summed E-state index contributed by atoms with van der Waals surface area (Å²) in [5.74, 6) is -0.0308. The molecule has 3 nitrogen and oxygen atoms in total. The molecule has 1 aromatic carbocycles. The van der Waals surface area contributed by atoms with Gasteiger partial charge < -0.3 is 0 Å². The van der Waals surface area contributed by atoms with Crippen LogP contribution in [0.1, 0.15) is 20.9 Å². The highest BCUT2D eigenvalue weighted by atomic mass is 35.5. The lowest BCUT2D eigenvalue weighted by molar-refractivity contribution is -0.671. The largest absolute Gasteiger partial charge is 0.288 e. The van der Waals surface area contributed by atoms with Crippen molar-refractivity contribution in [3.63, 3.8) is 0 Å². The number of carbonyl (C=O) groups is 1. The maximum absolute atomic E-state index is 12.5. The van der Waals surface area contributed by atoms with E-state index < -0.39 is 0 Å². The van der Waals surface area contributed by atoms with E-state index in [0.29, 0.717) is 9.90 Å². The number of hydrogen-bond acceptors (Lipinski definition) is 3. The van der Waals surface area contributed by atoms with E-state index in [1.807, 2.05) is 73.4 Å². The quantitative estimate of drug-likeness (QED) is 0.392. The Morgan fingerprint density at radius 1 is 1.25 bits per heavy atom. The number of allylic oxidation sites excluding steroid dienone is 1. The predicted octanol–water partition coefficient (Wildman–Crippen LogP) is 4.49. The predicted molar refractivity (Wildman–Crippen MR) is 98.3 cm³/mol. The third-order valence-corrected chi connectivity index (χ3v) is 4.97. The van der Waals surface area contributed by atoms with E-state index in [0.717, 1.165) is 21.8 Å². The Bertz CT molecular complexity index is 913. The number of rotatable bonds is 4. The van der Waals surface area contributed by atoms with Crippen LogP contribution < -0.4 is 4.57 Å². The summed E-state index contributed by atoms with van der Waals surface area (Å²) in [6, 6.07) is 11.4. The number of nitrogens with zero attached hydrogens (tertiary/aromatic N) is 2. The highest BCUT2D eigenvalue weighted by molar-refractivity contribution is 7.17. The molecule has 0 atom stereocenters. The Balaban J connectivity index is 1.84. The van der Waals surface area contributed by atoms with Crippen molar-refractivity contribution in [2.45, 2.75) is 6.92 Å². The average Bonchev–Trinajstić information content (AvgIpc) is 2.95. The zero-order chi connectivity index (χ0) is 17.1. The van der Waals surface area contributed by atoms with Crippen LogP contribution in [0.3, 0.4) is 0 Å². The molecule has 0 aliphatic carbocycles. The minimum atomic E-state index is -0.0308. The summed E-state index contributed by atoms with van der Waals surface area (Å²) in [6.45, 7) is 1.86. The first-order valence-corrected chi connectivity index (χ1v) is 8.63. The van der Waals surface area contributed by atoms with Gasteiger partial charge >= 0.3 is 0 Å². The fourth-order valence-electron chi connectivity index (χ4n) is 2.30. The van der Waals surface area contributed by atoms with Gasteiger partial charge in [0.15, 0.2) is 18.2 Å². The van der Waals surface area contributed by atoms with E-state index in [4.69, 9.17) is 11.6 Å². The second-order valence-electron chi connectivity index (χ2n) is 5.44. The van der Waals surface area contributed by atoms with Gasteiger partial charge in [-0.2, -0.15) is 0 Å². The van der Waals surface area contributed by atoms with Gasteiger partial charge in [0.05, 0.1) is 10.6 Å². The van der Waals surface area contributed by atoms with Crippen LogP contribution in [-0.2, 0) is 7.05 Å². The molecule has 0 bridgehead atoms. The Morgan fingerprint density at radius 2 is 2.00 bits per heavy atom. The molecule has 0 aliphatic heterocycles. The van der Waals surface area contributed by atoms with Crippen molar-refractivity contribution in [3.8, 4) is 10.6 Å². The number of aryl methyl sites for hydroxylation is 2. The molecule has 0 N–H and O–H groups in total. The van der Waals surface area contributed by atoms with Crippen LogP contribution >= 0.6 is 22.9 Å². The number of ketones is 1. The topological polar surface area (TPSA) is 33.8 Å². The van der Waals surface area contributed by atoms with Gasteiger partial charge in [0, 0.05) is 22.2 Å². The van der Waals surface area contributed by atoms with Gasteiger partial charge in [-0.1, -0.05) is 23.7 Å². The Kier molecular flexibility index (Phi) is 4.88. The molecule has 5 heteroatoms.